The van der Waals surface area contributed by atoms with E-state index in [9.17, 15) is 9.59 Å². The number of nitrogens with one attached hydrogen (secondary N) is 1. The minimum Gasteiger partial charge on any atom is -0.452 e. The molecule has 8 nitrogen and oxygen atoms in total. The van der Waals surface area contributed by atoms with Crippen molar-refractivity contribution >= 4 is 34.0 Å². The van der Waals surface area contributed by atoms with Crippen LogP contribution in [0.15, 0.2) is 52.9 Å². The molecule has 0 unspecified atom stereocenters. The maximum absolute atomic E-state index is 13.1. The molecule has 2 aromatic carbocycles. The van der Waals surface area contributed by atoms with E-state index in [2.05, 4.69) is 39.9 Å². The Bertz CT molecular complexity index is 1220. The molecule has 196 valence electrons. The van der Waals surface area contributed by atoms with Crippen LogP contribution in [0.3, 0.4) is 0 Å². The molecule has 2 aliphatic heterocycles. The third kappa shape index (κ3) is 5.65. The number of fused-ring (bicyclic) bond motifs is 1. The van der Waals surface area contributed by atoms with Crippen molar-refractivity contribution < 1.29 is 14.0 Å². The Morgan fingerprint density at radius 3 is 2.27 bits per heavy atom. The van der Waals surface area contributed by atoms with Gasteiger partial charge in [0.25, 0.3) is 0 Å². The third-order valence-corrected chi connectivity index (χ3v) is 7.55. The van der Waals surface area contributed by atoms with Gasteiger partial charge in [0.05, 0.1) is 6.54 Å². The fourth-order valence-corrected chi connectivity index (χ4v) is 5.26. The molecule has 0 atom stereocenters. The first kappa shape index (κ1) is 25.3. The number of carbonyl (C=O) groups is 2. The lowest BCUT2D eigenvalue weighted by atomic mass is 10.1. The van der Waals surface area contributed by atoms with Gasteiger partial charge in [0.1, 0.15) is 5.58 Å². The summed E-state index contributed by atoms with van der Waals surface area (Å²) in [5.74, 6) is 0.462. The molecular formula is C29H37N5O3. The van der Waals surface area contributed by atoms with Gasteiger partial charge in [-0.25, -0.2) is 0 Å². The number of furan rings is 1. The van der Waals surface area contributed by atoms with Crippen LogP contribution in [0.25, 0.3) is 11.0 Å². The van der Waals surface area contributed by atoms with Crippen molar-refractivity contribution in [3.63, 3.8) is 0 Å². The smallest absolute Gasteiger partial charge is 0.236 e. The second-order valence-corrected chi connectivity index (χ2v) is 9.78. The van der Waals surface area contributed by atoms with Crippen LogP contribution in [-0.2, 0) is 4.79 Å². The molecular weight excluding hydrogens is 466 g/mol. The van der Waals surface area contributed by atoms with Crippen molar-refractivity contribution in [1.29, 1.82) is 0 Å². The van der Waals surface area contributed by atoms with Crippen molar-refractivity contribution in [2.75, 3.05) is 81.8 Å². The normalized spacial score (nSPS) is 16.8. The number of nitrogens with zero attached hydrogens (tertiary/aromatic N) is 4. The highest BCUT2D eigenvalue weighted by atomic mass is 16.3. The summed E-state index contributed by atoms with van der Waals surface area (Å²) in [6, 6.07) is 15.7. The van der Waals surface area contributed by atoms with E-state index in [1.807, 2.05) is 47.4 Å². The van der Waals surface area contributed by atoms with Gasteiger partial charge < -0.3 is 24.4 Å². The molecule has 0 bridgehead atoms. The predicted octanol–water partition coefficient (Wildman–Crippen LogP) is 3.06. The van der Waals surface area contributed by atoms with E-state index in [0.717, 1.165) is 87.8 Å². The summed E-state index contributed by atoms with van der Waals surface area (Å²) in [6.45, 7) is 13.4. The standard InChI is InChI=1S/C29H37N5O3/c1-3-32(4-2)25-10-7-23-19-27(37-26(23)20-25)29(36)22-5-8-24(9-6-22)33-15-17-34(18-16-33)28(35)21-31-13-11-30-12-14-31/h5-10,19-20,30H,3-4,11-18,21H2,1-2H3. The molecule has 5 rings (SSSR count). The van der Waals surface area contributed by atoms with E-state index >= 15 is 0 Å². The predicted molar refractivity (Wildman–Crippen MR) is 148 cm³/mol. The summed E-state index contributed by atoms with van der Waals surface area (Å²) in [5.41, 5.74) is 3.50. The Morgan fingerprint density at radius 1 is 0.892 bits per heavy atom. The number of ketones is 1. The van der Waals surface area contributed by atoms with E-state index in [1.54, 1.807) is 0 Å². The number of piperazine rings is 2. The number of amides is 1. The van der Waals surface area contributed by atoms with Gasteiger partial charge in [0.15, 0.2) is 5.76 Å². The molecule has 0 aliphatic carbocycles. The lowest BCUT2D eigenvalue weighted by molar-refractivity contribution is -0.132. The van der Waals surface area contributed by atoms with Crippen molar-refractivity contribution in [1.82, 2.24) is 15.1 Å². The third-order valence-electron chi connectivity index (χ3n) is 7.55. The molecule has 0 spiro atoms. The molecule has 1 N–H and O–H groups in total. The zero-order valence-corrected chi connectivity index (χ0v) is 21.9. The van der Waals surface area contributed by atoms with Gasteiger partial charge in [-0.05, 0) is 56.3 Å². The van der Waals surface area contributed by atoms with E-state index in [0.29, 0.717) is 17.9 Å². The summed E-state index contributed by atoms with van der Waals surface area (Å²) in [4.78, 5) is 34.6. The van der Waals surface area contributed by atoms with Crippen LogP contribution >= 0.6 is 0 Å². The van der Waals surface area contributed by atoms with Crippen molar-refractivity contribution in [2.45, 2.75) is 13.8 Å². The van der Waals surface area contributed by atoms with Crippen molar-refractivity contribution in [2.24, 2.45) is 0 Å². The maximum atomic E-state index is 13.1. The SMILES string of the molecule is CCN(CC)c1ccc2cc(C(=O)c3ccc(N4CCN(C(=O)CN5CCNCC5)CC4)cc3)oc2c1. The summed E-state index contributed by atoms with van der Waals surface area (Å²) in [6.07, 6.45) is 0. The van der Waals surface area contributed by atoms with Crippen LogP contribution in [0.2, 0.25) is 0 Å². The monoisotopic (exact) mass is 503 g/mol. The highest BCUT2D eigenvalue weighted by Gasteiger charge is 2.24. The largest absolute Gasteiger partial charge is 0.452 e. The van der Waals surface area contributed by atoms with Gasteiger partial charge in [0.2, 0.25) is 11.7 Å². The Balaban J connectivity index is 1.19. The Kier molecular flexibility index (Phi) is 7.76. The van der Waals surface area contributed by atoms with Crippen LogP contribution in [0.4, 0.5) is 11.4 Å². The Morgan fingerprint density at radius 2 is 1.59 bits per heavy atom. The van der Waals surface area contributed by atoms with Gasteiger partial charge in [-0.2, -0.15) is 0 Å². The Labute approximate surface area is 218 Å². The van der Waals surface area contributed by atoms with E-state index in [1.165, 1.54) is 0 Å². The minimum absolute atomic E-state index is 0.115. The number of anilines is 2. The average molecular weight is 504 g/mol. The molecule has 1 aromatic heterocycles. The first-order valence-electron chi connectivity index (χ1n) is 13.4. The second kappa shape index (κ2) is 11.4. The van der Waals surface area contributed by atoms with Crippen LogP contribution in [0.1, 0.15) is 30.0 Å². The van der Waals surface area contributed by atoms with Crippen LogP contribution in [-0.4, -0.2) is 93.5 Å². The maximum Gasteiger partial charge on any atom is 0.236 e. The molecule has 2 fully saturated rings. The second-order valence-electron chi connectivity index (χ2n) is 9.78. The van der Waals surface area contributed by atoms with Crippen LogP contribution < -0.4 is 15.1 Å². The summed E-state index contributed by atoms with van der Waals surface area (Å²) >= 11 is 0. The number of carbonyl (C=O) groups excluding carboxylic acids is 2. The fourth-order valence-electron chi connectivity index (χ4n) is 5.26. The van der Waals surface area contributed by atoms with E-state index < -0.39 is 0 Å². The molecule has 3 aromatic rings. The topological polar surface area (TPSA) is 72.3 Å². The fraction of sp³-hybridized carbons (Fsp3) is 0.448. The zero-order valence-electron chi connectivity index (χ0n) is 21.9. The highest BCUT2D eigenvalue weighted by Crippen LogP contribution is 2.27. The average Bonchev–Trinajstić information content (AvgIpc) is 3.38. The molecule has 0 radical (unpaired) electrons. The molecule has 3 heterocycles. The molecule has 37 heavy (non-hydrogen) atoms. The van der Waals surface area contributed by atoms with E-state index in [-0.39, 0.29) is 11.7 Å². The zero-order chi connectivity index (χ0) is 25.8. The first-order valence-corrected chi connectivity index (χ1v) is 13.4. The van der Waals surface area contributed by atoms with Gasteiger partial charge in [-0.15, -0.1) is 0 Å². The summed E-state index contributed by atoms with van der Waals surface area (Å²) < 4.78 is 5.97. The molecule has 2 aliphatic rings. The molecule has 1 amide bonds. The summed E-state index contributed by atoms with van der Waals surface area (Å²) in [5, 5.41) is 4.26. The number of benzene rings is 2. The molecule has 2 saturated heterocycles. The lowest BCUT2D eigenvalue weighted by Crippen LogP contribution is -2.53. The quantitative estimate of drug-likeness (QED) is 0.474. The highest BCUT2D eigenvalue weighted by molar-refractivity contribution is 6.09. The van der Waals surface area contributed by atoms with Crippen molar-refractivity contribution in [3.05, 3.63) is 59.9 Å². The number of hydrogen-bond donors (Lipinski definition) is 1. The lowest BCUT2D eigenvalue weighted by Gasteiger charge is -2.37. The number of hydrogen-bond acceptors (Lipinski definition) is 7. The molecule has 8 heteroatoms. The van der Waals surface area contributed by atoms with E-state index in [4.69, 9.17) is 4.42 Å². The van der Waals surface area contributed by atoms with Gasteiger partial charge >= 0.3 is 0 Å². The van der Waals surface area contributed by atoms with Gasteiger partial charge in [0, 0.05) is 93.8 Å². The molecule has 0 saturated carbocycles. The first-order chi connectivity index (χ1) is 18.1. The van der Waals surface area contributed by atoms with Gasteiger partial charge in [-0.1, -0.05) is 0 Å². The summed E-state index contributed by atoms with van der Waals surface area (Å²) in [7, 11) is 0. The van der Waals surface area contributed by atoms with Crippen LogP contribution in [0.5, 0.6) is 0 Å². The Hall–Kier alpha value is -3.36. The van der Waals surface area contributed by atoms with Crippen LogP contribution in [0, 0.1) is 0 Å². The minimum atomic E-state index is -0.115. The van der Waals surface area contributed by atoms with Crippen molar-refractivity contribution in [3.8, 4) is 0 Å². The number of rotatable bonds is 8. The van der Waals surface area contributed by atoms with Gasteiger partial charge in [-0.3, -0.25) is 14.5 Å².